The Morgan fingerprint density at radius 3 is 2.41 bits per heavy atom. The summed E-state index contributed by atoms with van der Waals surface area (Å²) >= 11 is 0. The quantitative estimate of drug-likeness (QED) is 0.712. The molecule has 134 valence electrons. The Kier molecular flexibility index (Phi) is 4.30. The second kappa shape index (κ2) is 6.78. The number of hydrogen-bond donors (Lipinski definition) is 1. The molecule has 0 aliphatic carbocycles. The number of para-hydroxylation sites is 1. The lowest BCUT2D eigenvalue weighted by atomic mass is 9.89. The topological polar surface area (TPSA) is 70.5 Å². The van der Waals surface area contributed by atoms with Crippen molar-refractivity contribution in [1.82, 2.24) is 4.98 Å². The SMILES string of the molecule is O=C(CC1(O)C(=O)N(Cc2ccccc2)c2ccccc21)c1ccccn1. The van der Waals surface area contributed by atoms with E-state index in [-0.39, 0.29) is 17.9 Å². The van der Waals surface area contributed by atoms with Crippen LogP contribution in [-0.4, -0.2) is 21.8 Å². The minimum Gasteiger partial charge on any atom is -0.375 e. The largest absolute Gasteiger partial charge is 0.375 e. The summed E-state index contributed by atoms with van der Waals surface area (Å²) < 4.78 is 0. The summed E-state index contributed by atoms with van der Waals surface area (Å²) in [5, 5.41) is 11.3. The molecule has 1 unspecified atom stereocenters. The molecule has 0 saturated carbocycles. The van der Waals surface area contributed by atoms with Crippen LogP contribution in [0.25, 0.3) is 0 Å². The second-order valence-corrected chi connectivity index (χ2v) is 6.57. The van der Waals surface area contributed by atoms with Gasteiger partial charge < -0.3 is 10.0 Å². The van der Waals surface area contributed by atoms with Gasteiger partial charge in [-0.25, -0.2) is 0 Å². The predicted molar refractivity (Wildman–Crippen MR) is 101 cm³/mol. The predicted octanol–water partition coefficient (Wildman–Crippen LogP) is 3.09. The van der Waals surface area contributed by atoms with Gasteiger partial charge in [0.15, 0.2) is 11.4 Å². The molecule has 0 bridgehead atoms. The van der Waals surface area contributed by atoms with Crippen LogP contribution in [0.5, 0.6) is 0 Å². The normalized spacial score (nSPS) is 18.4. The van der Waals surface area contributed by atoms with E-state index in [0.29, 0.717) is 17.8 Å². The maximum atomic E-state index is 13.2. The minimum absolute atomic E-state index is 0.234. The van der Waals surface area contributed by atoms with Gasteiger partial charge in [0, 0.05) is 11.8 Å². The van der Waals surface area contributed by atoms with E-state index in [0.717, 1.165) is 5.56 Å². The molecule has 0 spiro atoms. The number of Topliss-reactive ketones (excluding diaryl/α,β-unsaturated/α-hetero) is 1. The molecule has 0 radical (unpaired) electrons. The number of amides is 1. The first-order valence-corrected chi connectivity index (χ1v) is 8.71. The summed E-state index contributed by atoms with van der Waals surface area (Å²) in [6.45, 7) is 0.330. The molecule has 27 heavy (non-hydrogen) atoms. The molecule has 1 aliphatic rings. The molecular formula is C22H18N2O3. The van der Waals surface area contributed by atoms with E-state index in [2.05, 4.69) is 4.98 Å². The van der Waals surface area contributed by atoms with Crippen LogP contribution < -0.4 is 4.90 Å². The van der Waals surface area contributed by atoms with Crippen LogP contribution in [0.4, 0.5) is 5.69 Å². The highest BCUT2D eigenvalue weighted by atomic mass is 16.3. The molecule has 1 amide bonds. The van der Waals surface area contributed by atoms with Gasteiger partial charge in [0.2, 0.25) is 0 Å². The zero-order chi connectivity index (χ0) is 18.9. The zero-order valence-corrected chi connectivity index (χ0v) is 14.6. The Morgan fingerprint density at radius 1 is 0.963 bits per heavy atom. The average molecular weight is 358 g/mol. The van der Waals surface area contributed by atoms with Crippen LogP contribution in [0.3, 0.4) is 0 Å². The third-order valence-corrected chi connectivity index (χ3v) is 4.79. The number of benzene rings is 2. The molecule has 2 aromatic carbocycles. The number of pyridine rings is 1. The van der Waals surface area contributed by atoms with Gasteiger partial charge in [0.1, 0.15) is 5.69 Å². The maximum Gasteiger partial charge on any atom is 0.264 e. The van der Waals surface area contributed by atoms with Crippen molar-refractivity contribution < 1.29 is 14.7 Å². The Balaban J connectivity index is 1.69. The fraction of sp³-hybridized carbons (Fsp3) is 0.136. The van der Waals surface area contributed by atoms with Crippen molar-refractivity contribution in [3.05, 3.63) is 95.8 Å². The highest BCUT2D eigenvalue weighted by Gasteiger charge is 2.50. The molecule has 1 aromatic heterocycles. The summed E-state index contributed by atoms with van der Waals surface area (Å²) in [5.74, 6) is -0.861. The number of aromatic nitrogens is 1. The van der Waals surface area contributed by atoms with Gasteiger partial charge in [-0.15, -0.1) is 0 Å². The van der Waals surface area contributed by atoms with Crippen molar-refractivity contribution in [3.63, 3.8) is 0 Å². The van der Waals surface area contributed by atoms with E-state index in [9.17, 15) is 14.7 Å². The highest BCUT2D eigenvalue weighted by molar-refractivity contribution is 6.10. The molecule has 3 aromatic rings. The third-order valence-electron chi connectivity index (χ3n) is 4.79. The van der Waals surface area contributed by atoms with Crippen molar-refractivity contribution in [2.45, 2.75) is 18.6 Å². The van der Waals surface area contributed by atoms with Crippen LogP contribution in [0.1, 0.15) is 28.0 Å². The number of fused-ring (bicyclic) bond motifs is 1. The second-order valence-electron chi connectivity index (χ2n) is 6.57. The van der Waals surface area contributed by atoms with Crippen LogP contribution >= 0.6 is 0 Å². The molecule has 2 heterocycles. The first-order valence-electron chi connectivity index (χ1n) is 8.71. The number of carbonyl (C=O) groups excluding carboxylic acids is 2. The lowest BCUT2D eigenvalue weighted by molar-refractivity contribution is -0.136. The summed E-state index contributed by atoms with van der Waals surface area (Å²) in [5.41, 5.74) is 0.372. The molecule has 1 aliphatic heterocycles. The Bertz CT molecular complexity index is 989. The number of nitrogens with zero attached hydrogens (tertiary/aromatic N) is 2. The van der Waals surface area contributed by atoms with E-state index in [4.69, 9.17) is 0 Å². The molecule has 0 saturated heterocycles. The van der Waals surface area contributed by atoms with Crippen molar-refractivity contribution >= 4 is 17.4 Å². The van der Waals surface area contributed by atoms with Gasteiger partial charge in [0.05, 0.1) is 18.7 Å². The number of aliphatic hydroxyl groups is 1. The smallest absolute Gasteiger partial charge is 0.264 e. The number of rotatable bonds is 5. The Hall–Kier alpha value is -3.31. The van der Waals surface area contributed by atoms with E-state index < -0.39 is 11.5 Å². The lowest BCUT2D eigenvalue weighted by Crippen LogP contribution is -2.41. The van der Waals surface area contributed by atoms with Crippen molar-refractivity contribution in [2.24, 2.45) is 0 Å². The molecule has 1 atom stereocenters. The first kappa shape index (κ1) is 17.1. The number of anilines is 1. The van der Waals surface area contributed by atoms with Crippen LogP contribution in [0, 0.1) is 0 Å². The van der Waals surface area contributed by atoms with Crippen molar-refractivity contribution in [2.75, 3.05) is 4.90 Å². The fourth-order valence-corrected chi connectivity index (χ4v) is 3.45. The highest BCUT2D eigenvalue weighted by Crippen LogP contribution is 2.43. The van der Waals surface area contributed by atoms with Crippen molar-refractivity contribution in [1.29, 1.82) is 0 Å². The number of carbonyl (C=O) groups is 2. The Morgan fingerprint density at radius 2 is 1.67 bits per heavy atom. The van der Waals surface area contributed by atoms with E-state index >= 15 is 0 Å². The summed E-state index contributed by atoms with van der Waals surface area (Å²) in [6, 6.07) is 21.6. The molecule has 5 heteroatoms. The van der Waals surface area contributed by atoms with Gasteiger partial charge >= 0.3 is 0 Å². The van der Waals surface area contributed by atoms with Crippen molar-refractivity contribution in [3.8, 4) is 0 Å². The van der Waals surface area contributed by atoms with Crippen LogP contribution in [0.2, 0.25) is 0 Å². The molecular weight excluding hydrogens is 340 g/mol. The van der Waals surface area contributed by atoms with E-state index in [1.807, 2.05) is 36.4 Å². The summed E-state index contributed by atoms with van der Waals surface area (Å²) in [4.78, 5) is 31.4. The summed E-state index contributed by atoms with van der Waals surface area (Å²) in [6.07, 6.45) is 1.18. The fourth-order valence-electron chi connectivity index (χ4n) is 3.45. The molecule has 1 N–H and O–H groups in total. The van der Waals surface area contributed by atoms with Crippen LogP contribution in [-0.2, 0) is 16.9 Å². The van der Waals surface area contributed by atoms with Gasteiger partial charge in [-0.3, -0.25) is 14.6 Å². The Labute approximate surface area is 156 Å². The minimum atomic E-state index is -1.89. The van der Waals surface area contributed by atoms with E-state index in [1.165, 1.54) is 11.1 Å². The summed E-state index contributed by atoms with van der Waals surface area (Å²) in [7, 11) is 0. The van der Waals surface area contributed by atoms with Gasteiger partial charge in [-0.1, -0.05) is 54.6 Å². The molecule has 4 rings (SSSR count). The van der Waals surface area contributed by atoms with E-state index in [1.54, 1.807) is 36.4 Å². The molecule has 0 fully saturated rings. The zero-order valence-electron chi connectivity index (χ0n) is 14.6. The van der Waals surface area contributed by atoms with Gasteiger partial charge in [-0.2, -0.15) is 0 Å². The average Bonchev–Trinajstić information content (AvgIpc) is 2.92. The monoisotopic (exact) mass is 358 g/mol. The first-order chi connectivity index (χ1) is 13.1. The number of ketones is 1. The molecule has 5 nitrogen and oxygen atoms in total. The standard InChI is InChI=1S/C22H18N2O3/c25-20(18-11-6-7-13-23-18)14-22(27)17-10-4-5-12-19(17)24(21(22)26)15-16-8-2-1-3-9-16/h1-13,27H,14-15H2. The van der Waals surface area contributed by atoms with Gasteiger partial charge in [-0.05, 0) is 23.8 Å². The maximum absolute atomic E-state index is 13.2. The van der Waals surface area contributed by atoms with Gasteiger partial charge in [0.25, 0.3) is 5.91 Å². The van der Waals surface area contributed by atoms with Crippen LogP contribution in [0.15, 0.2) is 79.0 Å². The lowest BCUT2D eigenvalue weighted by Gasteiger charge is -2.22. The number of hydrogen-bond acceptors (Lipinski definition) is 4. The third kappa shape index (κ3) is 3.02.